The summed E-state index contributed by atoms with van der Waals surface area (Å²) in [5.74, 6) is 1.12. The van der Waals surface area contributed by atoms with Crippen LogP contribution in [0.1, 0.15) is 27.3 Å². The van der Waals surface area contributed by atoms with Gasteiger partial charge in [-0.1, -0.05) is 60.7 Å². The van der Waals surface area contributed by atoms with Crippen LogP contribution in [0, 0.1) is 13.8 Å². The second kappa shape index (κ2) is 12.1. The maximum atomic E-state index is 12.5. The molecule has 5 aromatic rings. The van der Waals surface area contributed by atoms with E-state index in [1.807, 2.05) is 110 Å². The second-order valence-electron chi connectivity index (χ2n) is 9.06. The summed E-state index contributed by atoms with van der Waals surface area (Å²) >= 11 is 7.08. The number of carbonyl (C=O) groups excluding carboxylic acids is 1. The molecule has 7 nitrogen and oxygen atoms in total. The molecular formula is C31H28N4O3S2. The fourth-order valence-electron chi connectivity index (χ4n) is 4.27. The highest BCUT2D eigenvalue weighted by molar-refractivity contribution is 7.80. The molecule has 0 fully saturated rings. The smallest absolute Gasteiger partial charge is 0.340 e. The molecule has 0 unspecified atom stereocenters. The molecule has 0 aliphatic carbocycles. The predicted octanol–water partition coefficient (Wildman–Crippen LogP) is 7.66. The molecule has 9 heteroatoms. The molecule has 0 aliphatic heterocycles. The van der Waals surface area contributed by atoms with Gasteiger partial charge in [-0.25, -0.2) is 4.79 Å². The molecule has 2 N–H and O–H groups in total. The van der Waals surface area contributed by atoms with Crippen LogP contribution in [0.5, 0.6) is 11.5 Å². The summed E-state index contributed by atoms with van der Waals surface area (Å²) in [6.07, 6.45) is 0. The predicted molar refractivity (Wildman–Crippen MR) is 165 cm³/mol. The van der Waals surface area contributed by atoms with Crippen LogP contribution in [0.15, 0.2) is 91.0 Å². The number of aryl methyl sites for hydroxylation is 1. The highest BCUT2D eigenvalue weighted by Crippen LogP contribution is 2.36. The molecule has 0 saturated heterocycles. The Labute approximate surface area is 242 Å². The van der Waals surface area contributed by atoms with E-state index in [-0.39, 0.29) is 0 Å². The molecule has 0 atom stereocenters. The van der Waals surface area contributed by atoms with Crippen molar-refractivity contribution in [2.24, 2.45) is 0 Å². The zero-order valence-corrected chi connectivity index (χ0v) is 23.9. The molecule has 40 heavy (non-hydrogen) atoms. The van der Waals surface area contributed by atoms with Gasteiger partial charge >= 0.3 is 5.97 Å². The zero-order chi connectivity index (χ0) is 28.1. The van der Waals surface area contributed by atoms with Gasteiger partial charge in [-0.05, 0) is 67.5 Å². The zero-order valence-electron chi connectivity index (χ0n) is 22.3. The molecule has 0 bridgehead atoms. The van der Waals surface area contributed by atoms with Crippen molar-refractivity contribution < 1.29 is 14.3 Å². The number of ether oxygens (including phenoxy) is 2. The van der Waals surface area contributed by atoms with E-state index in [9.17, 15) is 4.79 Å². The van der Waals surface area contributed by atoms with Crippen LogP contribution < -0.4 is 15.4 Å². The van der Waals surface area contributed by atoms with Gasteiger partial charge < -0.3 is 20.1 Å². The minimum atomic E-state index is -0.428. The first-order chi connectivity index (χ1) is 19.4. The highest BCUT2D eigenvalue weighted by atomic mass is 32.1. The Bertz CT molecular complexity index is 1650. The summed E-state index contributed by atoms with van der Waals surface area (Å²) in [4.78, 5) is 13.4. The summed E-state index contributed by atoms with van der Waals surface area (Å²) in [5, 5.41) is 12.2. The number of nitrogens with zero attached hydrogens (tertiary/aromatic N) is 2. The Morgan fingerprint density at radius 1 is 0.925 bits per heavy atom. The van der Waals surface area contributed by atoms with Gasteiger partial charge in [0.1, 0.15) is 16.5 Å². The Morgan fingerprint density at radius 3 is 2.35 bits per heavy atom. The van der Waals surface area contributed by atoms with Crippen LogP contribution in [-0.4, -0.2) is 28.0 Å². The van der Waals surface area contributed by atoms with Gasteiger partial charge in [0.2, 0.25) is 0 Å². The van der Waals surface area contributed by atoms with E-state index < -0.39 is 5.97 Å². The van der Waals surface area contributed by atoms with E-state index in [0.717, 1.165) is 44.6 Å². The number of aromatic nitrogens is 2. The number of rotatable bonds is 8. The number of thiophene rings is 1. The van der Waals surface area contributed by atoms with Crippen LogP contribution in [0.3, 0.4) is 0 Å². The normalized spacial score (nSPS) is 10.7. The van der Waals surface area contributed by atoms with Crippen molar-refractivity contribution >= 4 is 45.3 Å². The molecule has 0 radical (unpaired) electrons. The van der Waals surface area contributed by atoms with E-state index in [2.05, 4.69) is 10.6 Å². The molecule has 0 amide bonds. The molecule has 0 spiro atoms. The average molecular weight is 569 g/mol. The number of carbonyl (C=O) groups is 1. The SMILES string of the molecule is COC(=O)c1cc(-c2ccccc2)sc1NC(=S)Nc1c(C)nn(Cc2cccc(Oc3ccccc3)c2)c1C. The van der Waals surface area contributed by atoms with E-state index >= 15 is 0 Å². The van der Waals surface area contributed by atoms with Crippen molar-refractivity contribution in [2.75, 3.05) is 17.7 Å². The Morgan fingerprint density at radius 2 is 1.62 bits per heavy atom. The molecule has 2 aromatic heterocycles. The fourth-order valence-corrected chi connectivity index (χ4v) is 5.60. The molecule has 0 saturated carbocycles. The number of methoxy groups -OCH3 is 1. The van der Waals surface area contributed by atoms with Crippen molar-refractivity contribution in [3.8, 4) is 21.9 Å². The third-order valence-electron chi connectivity index (χ3n) is 6.25. The quantitative estimate of drug-likeness (QED) is 0.147. The van der Waals surface area contributed by atoms with Crippen molar-refractivity contribution in [1.82, 2.24) is 9.78 Å². The minimum Gasteiger partial charge on any atom is -0.465 e. The number of hydrogen-bond acceptors (Lipinski definition) is 6. The number of benzene rings is 3. The molecule has 2 heterocycles. The average Bonchev–Trinajstić information content (AvgIpc) is 3.50. The maximum Gasteiger partial charge on any atom is 0.340 e. The van der Waals surface area contributed by atoms with Crippen molar-refractivity contribution in [2.45, 2.75) is 20.4 Å². The first-order valence-corrected chi connectivity index (χ1v) is 13.8. The summed E-state index contributed by atoms with van der Waals surface area (Å²) < 4.78 is 12.9. The molecule has 202 valence electrons. The second-order valence-corrected chi connectivity index (χ2v) is 10.5. The van der Waals surface area contributed by atoms with Gasteiger partial charge in [-0.15, -0.1) is 11.3 Å². The summed E-state index contributed by atoms with van der Waals surface area (Å²) in [5.41, 5.74) is 5.05. The van der Waals surface area contributed by atoms with Gasteiger partial charge in [0.05, 0.1) is 36.3 Å². The number of nitrogens with one attached hydrogen (secondary N) is 2. The van der Waals surface area contributed by atoms with Crippen molar-refractivity contribution in [3.63, 3.8) is 0 Å². The minimum absolute atomic E-state index is 0.357. The van der Waals surface area contributed by atoms with Gasteiger partial charge in [-0.3, -0.25) is 4.68 Å². The van der Waals surface area contributed by atoms with E-state index in [4.69, 9.17) is 26.8 Å². The number of anilines is 2. The Kier molecular flexibility index (Phi) is 8.23. The van der Waals surface area contributed by atoms with E-state index in [0.29, 0.717) is 22.2 Å². The number of hydrogen-bond donors (Lipinski definition) is 2. The summed E-state index contributed by atoms with van der Waals surface area (Å²) in [6, 6.07) is 29.4. The van der Waals surface area contributed by atoms with Crippen LogP contribution in [-0.2, 0) is 11.3 Å². The Hall–Kier alpha value is -4.47. The van der Waals surface area contributed by atoms with Gasteiger partial charge in [0, 0.05) is 4.88 Å². The van der Waals surface area contributed by atoms with Crippen LogP contribution in [0.25, 0.3) is 10.4 Å². The Balaban J connectivity index is 1.31. The van der Waals surface area contributed by atoms with Gasteiger partial charge in [-0.2, -0.15) is 5.10 Å². The van der Waals surface area contributed by atoms with Crippen molar-refractivity contribution in [1.29, 1.82) is 0 Å². The number of esters is 1. The standard InChI is InChI=1S/C31H28N4O3S2/c1-20-28(21(2)35(34-20)19-22-11-10-16-25(17-22)38-24-14-8-5-9-15-24)32-31(39)33-29-26(30(36)37-3)18-27(40-29)23-12-6-4-7-13-23/h4-18H,19H2,1-3H3,(H2,32,33,39). The maximum absolute atomic E-state index is 12.5. The first kappa shape index (κ1) is 27.1. The molecular weight excluding hydrogens is 541 g/mol. The van der Waals surface area contributed by atoms with Gasteiger partial charge in [0.25, 0.3) is 0 Å². The van der Waals surface area contributed by atoms with Crippen LogP contribution >= 0.6 is 23.6 Å². The lowest BCUT2D eigenvalue weighted by Gasteiger charge is -2.12. The third kappa shape index (κ3) is 6.22. The third-order valence-corrected chi connectivity index (χ3v) is 7.56. The first-order valence-electron chi connectivity index (χ1n) is 12.6. The monoisotopic (exact) mass is 568 g/mol. The van der Waals surface area contributed by atoms with E-state index in [1.54, 1.807) is 0 Å². The van der Waals surface area contributed by atoms with Crippen LogP contribution in [0.2, 0.25) is 0 Å². The topological polar surface area (TPSA) is 77.4 Å². The van der Waals surface area contributed by atoms with Crippen molar-refractivity contribution in [3.05, 3.63) is 114 Å². The summed E-state index contributed by atoms with van der Waals surface area (Å²) in [7, 11) is 1.37. The largest absolute Gasteiger partial charge is 0.465 e. The molecule has 5 rings (SSSR count). The lowest BCUT2D eigenvalue weighted by molar-refractivity contribution is 0.0602. The molecule has 3 aromatic carbocycles. The summed E-state index contributed by atoms with van der Waals surface area (Å²) in [6.45, 7) is 4.49. The lowest BCUT2D eigenvalue weighted by atomic mass is 10.1. The fraction of sp³-hybridized carbons (Fsp3) is 0.129. The lowest BCUT2D eigenvalue weighted by Crippen LogP contribution is -2.20. The number of para-hydroxylation sites is 1. The van der Waals surface area contributed by atoms with Gasteiger partial charge in [0.15, 0.2) is 5.11 Å². The number of thiocarbonyl (C=S) groups is 1. The van der Waals surface area contributed by atoms with Crippen LogP contribution in [0.4, 0.5) is 10.7 Å². The highest BCUT2D eigenvalue weighted by Gasteiger charge is 2.20. The van der Waals surface area contributed by atoms with E-state index in [1.165, 1.54) is 18.4 Å². The molecule has 0 aliphatic rings.